The van der Waals surface area contributed by atoms with Crippen LogP contribution < -0.4 is 4.74 Å². The first-order valence-corrected chi connectivity index (χ1v) is 10.2. The second kappa shape index (κ2) is 8.35. The van der Waals surface area contributed by atoms with E-state index in [9.17, 15) is 15.0 Å². The standard InChI is InChI=1S/C21H33N3O4/c1-5-7-21(13-25)12-23(8-6-18(21)26)10-15-9-16-17(22-19(15)28-4)11-24(14(2)3)20(16)27/h9,14,18,25-26H,5-8,10-13H2,1-4H3/t18-,21+/m1/s1. The number of piperidine rings is 1. The molecule has 0 bridgehead atoms. The normalized spacial score (nSPS) is 25.5. The van der Waals surface area contributed by atoms with Gasteiger partial charge in [0, 0.05) is 36.7 Å². The maximum Gasteiger partial charge on any atom is 0.256 e. The predicted molar refractivity (Wildman–Crippen MR) is 106 cm³/mol. The molecule has 2 N–H and O–H groups in total. The number of ether oxygens (including phenoxy) is 1. The minimum Gasteiger partial charge on any atom is -0.481 e. The van der Waals surface area contributed by atoms with Crippen LogP contribution in [-0.2, 0) is 13.1 Å². The monoisotopic (exact) mass is 391 g/mol. The van der Waals surface area contributed by atoms with Crippen LogP contribution in [0.5, 0.6) is 5.88 Å². The number of aliphatic hydroxyl groups excluding tert-OH is 2. The molecule has 156 valence electrons. The molecule has 0 saturated carbocycles. The Morgan fingerprint density at radius 3 is 2.79 bits per heavy atom. The number of nitrogens with zero attached hydrogens (tertiary/aromatic N) is 3. The number of hydrogen-bond acceptors (Lipinski definition) is 6. The van der Waals surface area contributed by atoms with Crippen LogP contribution in [0, 0.1) is 5.41 Å². The van der Waals surface area contributed by atoms with Gasteiger partial charge in [0.1, 0.15) is 0 Å². The summed E-state index contributed by atoms with van der Waals surface area (Å²) >= 11 is 0. The molecule has 3 rings (SSSR count). The lowest BCUT2D eigenvalue weighted by Crippen LogP contribution is -2.53. The van der Waals surface area contributed by atoms with Crippen molar-refractivity contribution < 1.29 is 19.7 Å². The Morgan fingerprint density at radius 2 is 2.18 bits per heavy atom. The fourth-order valence-electron chi connectivity index (χ4n) is 4.57. The van der Waals surface area contributed by atoms with E-state index >= 15 is 0 Å². The molecule has 0 aromatic carbocycles. The van der Waals surface area contributed by atoms with E-state index in [2.05, 4.69) is 16.8 Å². The zero-order valence-electron chi connectivity index (χ0n) is 17.4. The molecule has 2 aliphatic rings. The van der Waals surface area contributed by atoms with Gasteiger partial charge in [0.2, 0.25) is 5.88 Å². The highest BCUT2D eigenvalue weighted by Crippen LogP contribution is 2.36. The Morgan fingerprint density at radius 1 is 1.43 bits per heavy atom. The largest absolute Gasteiger partial charge is 0.481 e. The van der Waals surface area contributed by atoms with Crippen LogP contribution in [0.2, 0.25) is 0 Å². The summed E-state index contributed by atoms with van der Waals surface area (Å²) in [5.41, 5.74) is 1.81. The van der Waals surface area contributed by atoms with Gasteiger partial charge in [-0.3, -0.25) is 9.69 Å². The molecule has 0 radical (unpaired) electrons. The summed E-state index contributed by atoms with van der Waals surface area (Å²) in [7, 11) is 1.60. The van der Waals surface area contributed by atoms with Crippen LogP contribution in [0.4, 0.5) is 0 Å². The number of carbonyl (C=O) groups is 1. The average Bonchev–Trinajstić information content (AvgIpc) is 3.00. The average molecular weight is 392 g/mol. The van der Waals surface area contributed by atoms with Crippen LogP contribution in [0.15, 0.2) is 6.07 Å². The minimum atomic E-state index is -0.491. The Hall–Kier alpha value is -1.70. The van der Waals surface area contributed by atoms with E-state index in [1.165, 1.54) is 0 Å². The van der Waals surface area contributed by atoms with Gasteiger partial charge >= 0.3 is 0 Å². The first-order valence-electron chi connectivity index (χ1n) is 10.2. The highest BCUT2D eigenvalue weighted by molar-refractivity contribution is 5.98. The quantitative estimate of drug-likeness (QED) is 0.737. The Balaban J connectivity index is 1.84. The van der Waals surface area contributed by atoms with E-state index in [4.69, 9.17) is 4.74 Å². The molecular weight excluding hydrogens is 358 g/mol. The van der Waals surface area contributed by atoms with Crippen LogP contribution in [-0.4, -0.2) is 69.9 Å². The van der Waals surface area contributed by atoms with Crippen molar-refractivity contribution in [1.29, 1.82) is 0 Å². The number of fused-ring (bicyclic) bond motifs is 1. The van der Waals surface area contributed by atoms with E-state index in [1.54, 1.807) is 7.11 Å². The summed E-state index contributed by atoms with van der Waals surface area (Å²) in [5, 5.41) is 20.5. The maximum absolute atomic E-state index is 12.7. The highest BCUT2D eigenvalue weighted by Gasteiger charge is 2.42. The summed E-state index contributed by atoms with van der Waals surface area (Å²) in [5.74, 6) is 0.569. The van der Waals surface area contributed by atoms with E-state index in [0.29, 0.717) is 37.5 Å². The van der Waals surface area contributed by atoms with Gasteiger partial charge in [0.05, 0.1) is 37.6 Å². The van der Waals surface area contributed by atoms with Gasteiger partial charge in [-0.15, -0.1) is 0 Å². The number of likely N-dealkylation sites (tertiary alicyclic amines) is 1. The second-order valence-corrected chi connectivity index (χ2v) is 8.46. The lowest BCUT2D eigenvalue weighted by atomic mass is 9.74. The van der Waals surface area contributed by atoms with Crippen molar-refractivity contribution in [3.05, 3.63) is 22.9 Å². The molecule has 1 aromatic heterocycles. The third-order valence-electron chi connectivity index (χ3n) is 6.19. The first kappa shape index (κ1) is 21.0. The third kappa shape index (κ3) is 3.75. The van der Waals surface area contributed by atoms with Gasteiger partial charge in [-0.25, -0.2) is 4.98 Å². The van der Waals surface area contributed by atoms with Crippen LogP contribution in [0.3, 0.4) is 0 Å². The molecule has 28 heavy (non-hydrogen) atoms. The Kier molecular flexibility index (Phi) is 6.27. The number of methoxy groups -OCH3 is 1. The summed E-state index contributed by atoms with van der Waals surface area (Å²) < 4.78 is 5.52. The smallest absolute Gasteiger partial charge is 0.256 e. The van der Waals surface area contributed by atoms with Crippen LogP contribution in [0.1, 0.15) is 61.6 Å². The van der Waals surface area contributed by atoms with Gasteiger partial charge in [0.25, 0.3) is 5.91 Å². The van der Waals surface area contributed by atoms with Gasteiger partial charge < -0.3 is 19.8 Å². The number of aromatic nitrogens is 1. The van der Waals surface area contributed by atoms with E-state index < -0.39 is 11.5 Å². The van der Waals surface area contributed by atoms with Crippen molar-refractivity contribution in [3.63, 3.8) is 0 Å². The molecule has 7 heteroatoms. The van der Waals surface area contributed by atoms with Crippen molar-refractivity contribution in [2.75, 3.05) is 26.8 Å². The lowest BCUT2D eigenvalue weighted by Gasteiger charge is -2.45. The van der Waals surface area contributed by atoms with Crippen LogP contribution >= 0.6 is 0 Å². The number of rotatable bonds is 7. The highest BCUT2D eigenvalue weighted by atomic mass is 16.5. The zero-order chi connectivity index (χ0) is 20.5. The molecule has 1 aromatic rings. The molecule has 3 heterocycles. The topological polar surface area (TPSA) is 86.1 Å². The maximum atomic E-state index is 12.7. The molecule has 1 fully saturated rings. The summed E-state index contributed by atoms with van der Waals surface area (Å²) in [6.07, 6.45) is 1.83. The molecule has 1 saturated heterocycles. The van der Waals surface area contributed by atoms with Crippen molar-refractivity contribution in [3.8, 4) is 5.88 Å². The number of hydrogen-bond donors (Lipinski definition) is 2. The van der Waals surface area contributed by atoms with Crippen molar-refractivity contribution in [2.45, 2.75) is 65.3 Å². The Labute approximate surface area is 167 Å². The SMILES string of the molecule is CCC[C@@]1(CO)CN(Cc2cc3c(nc2OC)CN(C(C)C)C3=O)CC[C@H]1O. The van der Waals surface area contributed by atoms with Crippen molar-refractivity contribution in [1.82, 2.24) is 14.8 Å². The summed E-state index contributed by atoms with van der Waals surface area (Å²) in [6, 6.07) is 2.04. The van der Waals surface area contributed by atoms with Gasteiger partial charge in [-0.1, -0.05) is 13.3 Å². The van der Waals surface area contributed by atoms with Gasteiger partial charge in [0.15, 0.2) is 0 Å². The van der Waals surface area contributed by atoms with E-state index in [-0.39, 0.29) is 18.6 Å². The molecule has 2 aliphatic heterocycles. The summed E-state index contributed by atoms with van der Waals surface area (Å²) in [6.45, 7) is 8.50. The van der Waals surface area contributed by atoms with Crippen molar-refractivity contribution >= 4 is 5.91 Å². The molecule has 2 atom stereocenters. The van der Waals surface area contributed by atoms with E-state index in [1.807, 2.05) is 24.8 Å². The molecular formula is C21H33N3O4. The van der Waals surface area contributed by atoms with Crippen LogP contribution in [0.25, 0.3) is 0 Å². The predicted octanol–water partition coefficient (Wildman–Crippen LogP) is 1.80. The molecule has 0 spiro atoms. The Bertz CT molecular complexity index is 724. The van der Waals surface area contributed by atoms with Crippen molar-refractivity contribution in [2.24, 2.45) is 5.41 Å². The minimum absolute atomic E-state index is 0.0196. The lowest BCUT2D eigenvalue weighted by molar-refractivity contribution is -0.0820. The van der Waals surface area contributed by atoms with E-state index in [0.717, 1.165) is 30.6 Å². The second-order valence-electron chi connectivity index (χ2n) is 8.46. The number of amides is 1. The number of carbonyl (C=O) groups excluding carboxylic acids is 1. The molecule has 0 aliphatic carbocycles. The molecule has 7 nitrogen and oxygen atoms in total. The molecule has 1 amide bonds. The summed E-state index contributed by atoms with van der Waals surface area (Å²) in [4.78, 5) is 21.4. The van der Waals surface area contributed by atoms with Gasteiger partial charge in [-0.2, -0.15) is 0 Å². The fourth-order valence-corrected chi connectivity index (χ4v) is 4.57. The molecule has 0 unspecified atom stereocenters. The zero-order valence-corrected chi connectivity index (χ0v) is 17.4. The third-order valence-corrected chi connectivity index (χ3v) is 6.19. The fraction of sp³-hybridized carbons (Fsp3) is 0.714. The first-order chi connectivity index (χ1) is 13.3. The number of aliphatic hydroxyl groups is 2. The number of pyridine rings is 1. The van der Waals surface area contributed by atoms with Gasteiger partial charge in [-0.05, 0) is 32.8 Å².